The molecule has 4 rings (SSSR count). The number of rotatable bonds is 4. The Hall–Kier alpha value is -1.83. The summed E-state index contributed by atoms with van der Waals surface area (Å²) in [5.41, 5.74) is 1.36. The van der Waals surface area contributed by atoms with Gasteiger partial charge in [-0.05, 0) is 25.5 Å². The van der Waals surface area contributed by atoms with Gasteiger partial charge in [0.2, 0.25) is 0 Å². The normalized spacial score (nSPS) is 22.0. The maximum Gasteiger partial charge on any atom is 0.255 e. The van der Waals surface area contributed by atoms with E-state index < -0.39 is 0 Å². The maximum atomic E-state index is 12.4. The summed E-state index contributed by atoms with van der Waals surface area (Å²) < 4.78 is 12.0. The number of aryl methyl sites for hydroxylation is 1. The number of pyridine rings is 1. The Labute approximate surface area is 150 Å². The van der Waals surface area contributed by atoms with Gasteiger partial charge in [0.1, 0.15) is 5.60 Å². The lowest BCUT2D eigenvalue weighted by molar-refractivity contribution is -0.188. The molecule has 0 saturated carbocycles. The second-order valence-corrected chi connectivity index (χ2v) is 7.78. The summed E-state index contributed by atoms with van der Waals surface area (Å²) in [6, 6.07) is 3.58. The van der Waals surface area contributed by atoms with Gasteiger partial charge in [-0.3, -0.25) is 9.78 Å². The average molecular weight is 359 g/mol. The molecule has 0 unspecified atom stereocenters. The number of aromatic nitrogens is 2. The molecule has 1 spiro atoms. The largest absolute Gasteiger partial charge is 0.372 e. The number of ether oxygens (including phenoxy) is 2. The van der Waals surface area contributed by atoms with Crippen molar-refractivity contribution in [2.75, 3.05) is 19.7 Å². The molecule has 0 radical (unpaired) electrons. The molecule has 132 valence electrons. The Morgan fingerprint density at radius 3 is 3.12 bits per heavy atom. The van der Waals surface area contributed by atoms with Crippen LogP contribution in [0.15, 0.2) is 29.9 Å². The molecule has 0 aliphatic carbocycles. The zero-order valence-electron chi connectivity index (χ0n) is 14.2. The van der Waals surface area contributed by atoms with E-state index in [0.717, 1.165) is 23.5 Å². The summed E-state index contributed by atoms with van der Waals surface area (Å²) >= 11 is 1.64. The zero-order chi connectivity index (χ0) is 17.3. The molecule has 6 nitrogen and oxygen atoms in total. The van der Waals surface area contributed by atoms with E-state index in [1.165, 1.54) is 0 Å². The molecular weight excluding hydrogens is 338 g/mol. The lowest BCUT2D eigenvalue weighted by atomic mass is 9.84. The summed E-state index contributed by atoms with van der Waals surface area (Å²) in [6.07, 6.45) is 5.15. The van der Waals surface area contributed by atoms with E-state index in [2.05, 4.69) is 9.97 Å². The second-order valence-electron chi connectivity index (χ2n) is 6.72. The van der Waals surface area contributed by atoms with Gasteiger partial charge in [0.15, 0.2) is 0 Å². The van der Waals surface area contributed by atoms with E-state index in [9.17, 15) is 4.79 Å². The van der Waals surface area contributed by atoms with Crippen LogP contribution in [-0.4, -0.2) is 52.2 Å². The second kappa shape index (κ2) is 6.82. The fourth-order valence-electron chi connectivity index (χ4n) is 3.49. The van der Waals surface area contributed by atoms with Crippen LogP contribution in [0.3, 0.4) is 0 Å². The number of hydrogen-bond donors (Lipinski definition) is 0. The van der Waals surface area contributed by atoms with Crippen LogP contribution in [0.2, 0.25) is 0 Å². The third kappa shape index (κ3) is 3.58. The monoisotopic (exact) mass is 359 g/mol. The Morgan fingerprint density at radius 1 is 1.52 bits per heavy atom. The van der Waals surface area contributed by atoms with Crippen molar-refractivity contribution in [3.05, 3.63) is 46.2 Å². The van der Waals surface area contributed by atoms with Crippen LogP contribution in [-0.2, 0) is 16.1 Å². The van der Waals surface area contributed by atoms with Crippen molar-refractivity contribution in [1.29, 1.82) is 0 Å². The Bertz CT molecular complexity index is 743. The van der Waals surface area contributed by atoms with Crippen molar-refractivity contribution >= 4 is 17.2 Å². The van der Waals surface area contributed by atoms with Crippen LogP contribution in [0.25, 0.3) is 0 Å². The van der Waals surface area contributed by atoms with Gasteiger partial charge in [-0.2, -0.15) is 0 Å². The quantitative estimate of drug-likeness (QED) is 0.839. The number of likely N-dealkylation sites (tertiary alicyclic amines) is 1. The highest BCUT2D eigenvalue weighted by Crippen LogP contribution is 2.36. The van der Waals surface area contributed by atoms with Gasteiger partial charge < -0.3 is 14.4 Å². The lowest BCUT2D eigenvalue weighted by Crippen LogP contribution is -2.67. The standard InChI is InChI=1S/C18H21N3O3S/c1-13-20-15(10-25-13)9-23-16-4-6-24-18(7-16)11-21(12-18)17(22)14-3-2-5-19-8-14/h2-3,5,8,10,16H,4,6-7,9,11-12H2,1H3/t16-/m1/s1. The van der Waals surface area contributed by atoms with Gasteiger partial charge in [-0.25, -0.2) is 4.98 Å². The topological polar surface area (TPSA) is 64.6 Å². The molecule has 7 heteroatoms. The Balaban J connectivity index is 1.31. The van der Waals surface area contributed by atoms with Crippen LogP contribution >= 0.6 is 11.3 Å². The molecule has 2 aliphatic heterocycles. The fourth-order valence-corrected chi connectivity index (χ4v) is 4.09. The van der Waals surface area contributed by atoms with Crippen molar-refractivity contribution in [3.8, 4) is 0 Å². The predicted molar refractivity (Wildman–Crippen MR) is 93.5 cm³/mol. The molecule has 0 N–H and O–H groups in total. The summed E-state index contributed by atoms with van der Waals surface area (Å²) in [6.45, 7) is 4.46. The summed E-state index contributed by atoms with van der Waals surface area (Å²) in [4.78, 5) is 22.7. The minimum absolute atomic E-state index is 0.0170. The molecule has 2 aromatic rings. The van der Waals surface area contributed by atoms with E-state index in [4.69, 9.17) is 9.47 Å². The highest BCUT2D eigenvalue weighted by molar-refractivity contribution is 7.09. The molecule has 0 bridgehead atoms. The molecule has 2 saturated heterocycles. The molecule has 0 aromatic carbocycles. The third-order valence-electron chi connectivity index (χ3n) is 4.73. The minimum Gasteiger partial charge on any atom is -0.372 e. The van der Waals surface area contributed by atoms with E-state index >= 15 is 0 Å². The number of carbonyl (C=O) groups is 1. The fraction of sp³-hybridized carbons (Fsp3) is 0.500. The van der Waals surface area contributed by atoms with Crippen LogP contribution in [0.5, 0.6) is 0 Å². The minimum atomic E-state index is -0.251. The number of carbonyl (C=O) groups excluding carboxylic acids is 1. The predicted octanol–water partition coefficient (Wildman–Crippen LogP) is 2.44. The number of thiazole rings is 1. The van der Waals surface area contributed by atoms with Crippen molar-refractivity contribution in [2.45, 2.75) is 38.1 Å². The van der Waals surface area contributed by atoms with Crippen molar-refractivity contribution in [3.63, 3.8) is 0 Å². The molecular formula is C18H21N3O3S. The zero-order valence-corrected chi connectivity index (χ0v) is 15.0. The first-order valence-electron chi connectivity index (χ1n) is 8.49. The molecule has 2 aromatic heterocycles. The lowest BCUT2D eigenvalue weighted by Gasteiger charge is -2.53. The van der Waals surface area contributed by atoms with Gasteiger partial charge in [0.25, 0.3) is 5.91 Å². The molecule has 1 amide bonds. The summed E-state index contributed by atoms with van der Waals surface area (Å²) in [7, 11) is 0. The van der Waals surface area contributed by atoms with Crippen molar-refractivity contribution in [2.24, 2.45) is 0 Å². The van der Waals surface area contributed by atoms with Gasteiger partial charge >= 0.3 is 0 Å². The van der Waals surface area contributed by atoms with Crippen LogP contribution in [0.4, 0.5) is 0 Å². The SMILES string of the molecule is Cc1nc(CO[C@@H]2CCOC3(C2)CN(C(=O)c2cccnc2)C3)cs1. The first kappa shape index (κ1) is 16.6. The van der Waals surface area contributed by atoms with Gasteiger partial charge in [0, 0.05) is 30.8 Å². The highest BCUT2D eigenvalue weighted by atomic mass is 32.1. The van der Waals surface area contributed by atoms with E-state index in [1.54, 1.807) is 35.9 Å². The highest BCUT2D eigenvalue weighted by Gasteiger charge is 2.49. The van der Waals surface area contributed by atoms with E-state index in [-0.39, 0.29) is 17.6 Å². The molecule has 25 heavy (non-hydrogen) atoms. The third-order valence-corrected chi connectivity index (χ3v) is 5.56. The Kier molecular flexibility index (Phi) is 4.54. The number of nitrogens with zero attached hydrogens (tertiary/aromatic N) is 3. The first-order valence-corrected chi connectivity index (χ1v) is 9.37. The summed E-state index contributed by atoms with van der Waals surface area (Å²) in [5.74, 6) is 0.0170. The van der Waals surface area contributed by atoms with Crippen LogP contribution in [0, 0.1) is 6.92 Å². The van der Waals surface area contributed by atoms with Crippen molar-refractivity contribution < 1.29 is 14.3 Å². The maximum absolute atomic E-state index is 12.4. The summed E-state index contributed by atoms with van der Waals surface area (Å²) in [5, 5.41) is 3.10. The molecule has 2 aliphatic rings. The van der Waals surface area contributed by atoms with E-state index in [0.29, 0.717) is 31.9 Å². The van der Waals surface area contributed by atoms with Gasteiger partial charge in [-0.15, -0.1) is 11.3 Å². The van der Waals surface area contributed by atoms with Crippen LogP contribution in [0.1, 0.15) is 33.9 Å². The van der Waals surface area contributed by atoms with E-state index in [1.807, 2.05) is 17.2 Å². The van der Waals surface area contributed by atoms with Gasteiger partial charge in [-0.1, -0.05) is 0 Å². The number of hydrogen-bond acceptors (Lipinski definition) is 6. The molecule has 2 fully saturated rings. The molecule has 4 heterocycles. The number of amides is 1. The smallest absolute Gasteiger partial charge is 0.255 e. The van der Waals surface area contributed by atoms with Crippen LogP contribution < -0.4 is 0 Å². The first-order chi connectivity index (χ1) is 12.1. The van der Waals surface area contributed by atoms with Gasteiger partial charge in [0.05, 0.1) is 42.1 Å². The Morgan fingerprint density at radius 2 is 2.40 bits per heavy atom. The molecule has 1 atom stereocenters. The average Bonchev–Trinajstić information content (AvgIpc) is 3.03. The van der Waals surface area contributed by atoms with Crippen molar-refractivity contribution in [1.82, 2.24) is 14.9 Å².